The molecule has 1 fully saturated rings. The molecule has 0 aromatic carbocycles. The van der Waals surface area contributed by atoms with Crippen LogP contribution in [-0.2, 0) is 9.53 Å². The molecule has 4 nitrogen and oxygen atoms in total. The lowest BCUT2D eigenvalue weighted by Gasteiger charge is -2.26. The summed E-state index contributed by atoms with van der Waals surface area (Å²) in [6.45, 7) is 4.48. The fraction of sp³-hybridized carbons (Fsp3) is 0.818. The van der Waals surface area contributed by atoms with Crippen molar-refractivity contribution in [3.8, 4) is 0 Å². The second-order valence-electron chi connectivity index (χ2n) is 4.55. The zero-order valence-corrected chi connectivity index (χ0v) is 10.9. The van der Waals surface area contributed by atoms with Gasteiger partial charge in [-0.25, -0.2) is 0 Å². The molecule has 0 bridgehead atoms. The molecule has 5 heteroatoms. The number of hydrogen-bond acceptors (Lipinski definition) is 3. The average molecular weight is 244 g/mol. The van der Waals surface area contributed by atoms with Gasteiger partial charge >= 0.3 is 0 Å². The Bertz CT molecular complexity index is 283. The van der Waals surface area contributed by atoms with Crippen molar-refractivity contribution in [2.24, 2.45) is 11.7 Å². The average Bonchev–Trinajstić information content (AvgIpc) is 2.61. The van der Waals surface area contributed by atoms with Gasteiger partial charge in [0.15, 0.2) is 0 Å². The summed E-state index contributed by atoms with van der Waals surface area (Å²) in [6.07, 6.45) is 1.57. The maximum absolute atomic E-state index is 12.1. The SMILES string of the molecule is CC1CC(C(=O)N(C)C(C)CC(N)=S)CO1. The minimum atomic E-state index is -0.00574. The molecule has 16 heavy (non-hydrogen) atoms. The van der Waals surface area contributed by atoms with Crippen molar-refractivity contribution in [1.82, 2.24) is 4.90 Å². The number of carbonyl (C=O) groups is 1. The van der Waals surface area contributed by atoms with Gasteiger partial charge in [-0.15, -0.1) is 0 Å². The summed E-state index contributed by atoms with van der Waals surface area (Å²) in [6, 6.07) is 0.0564. The maximum atomic E-state index is 12.1. The van der Waals surface area contributed by atoms with Crippen molar-refractivity contribution >= 4 is 23.1 Å². The van der Waals surface area contributed by atoms with E-state index in [2.05, 4.69) is 0 Å². The summed E-state index contributed by atoms with van der Waals surface area (Å²) in [4.78, 5) is 14.3. The summed E-state index contributed by atoms with van der Waals surface area (Å²) in [5.74, 6) is 0.127. The third kappa shape index (κ3) is 3.42. The molecule has 0 spiro atoms. The minimum absolute atomic E-state index is 0.00574. The lowest BCUT2D eigenvalue weighted by Crippen LogP contribution is -2.41. The van der Waals surface area contributed by atoms with E-state index in [0.29, 0.717) is 18.0 Å². The van der Waals surface area contributed by atoms with Gasteiger partial charge in [-0.2, -0.15) is 0 Å². The third-order valence-corrected chi connectivity index (χ3v) is 3.22. The highest BCUT2D eigenvalue weighted by atomic mass is 32.1. The Morgan fingerprint density at radius 2 is 2.31 bits per heavy atom. The van der Waals surface area contributed by atoms with Crippen LogP contribution in [0.3, 0.4) is 0 Å². The number of ether oxygens (including phenoxy) is 1. The zero-order chi connectivity index (χ0) is 12.3. The molecular formula is C11H20N2O2S. The van der Waals surface area contributed by atoms with E-state index < -0.39 is 0 Å². The molecule has 3 unspecified atom stereocenters. The molecule has 0 aromatic rings. The van der Waals surface area contributed by atoms with Crippen LogP contribution in [0.1, 0.15) is 26.7 Å². The van der Waals surface area contributed by atoms with Gasteiger partial charge in [-0.3, -0.25) is 4.79 Å². The van der Waals surface area contributed by atoms with Crippen LogP contribution in [0.15, 0.2) is 0 Å². The summed E-state index contributed by atoms with van der Waals surface area (Å²) in [5.41, 5.74) is 5.48. The molecule has 1 heterocycles. The molecule has 1 saturated heterocycles. The molecule has 0 aliphatic carbocycles. The van der Waals surface area contributed by atoms with Gasteiger partial charge in [0.05, 0.1) is 23.6 Å². The fourth-order valence-corrected chi connectivity index (χ4v) is 2.16. The van der Waals surface area contributed by atoms with Crippen LogP contribution in [-0.4, -0.2) is 41.6 Å². The van der Waals surface area contributed by atoms with E-state index in [-0.39, 0.29) is 24.0 Å². The van der Waals surface area contributed by atoms with E-state index in [9.17, 15) is 4.79 Å². The lowest BCUT2D eigenvalue weighted by atomic mass is 10.0. The number of hydrogen-bond donors (Lipinski definition) is 1. The van der Waals surface area contributed by atoms with E-state index in [0.717, 1.165) is 6.42 Å². The van der Waals surface area contributed by atoms with Gasteiger partial charge < -0.3 is 15.4 Å². The van der Waals surface area contributed by atoms with Crippen molar-refractivity contribution in [2.45, 2.75) is 38.8 Å². The van der Waals surface area contributed by atoms with Crippen LogP contribution in [0.4, 0.5) is 0 Å². The highest BCUT2D eigenvalue weighted by Crippen LogP contribution is 2.21. The number of nitrogens with two attached hydrogens (primary N) is 1. The second kappa shape index (κ2) is 5.59. The number of amides is 1. The van der Waals surface area contributed by atoms with Gasteiger partial charge in [0.25, 0.3) is 0 Å². The highest BCUT2D eigenvalue weighted by Gasteiger charge is 2.31. The first-order chi connectivity index (χ1) is 7.41. The van der Waals surface area contributed by atoms with Gasteiger partial charge in [-0.05, 0) is 20.3 Å². The summed E-state index contributed by atoms with van der Waals surface area (Å²) < 4.78 is 5.40. The third-order valence-electron chi connectivity index (χ3n) is 3.05. The molecule has 1 rings (SSSR count). The molecule has 0 radical (unpaired) electrons. The molecule has 1 aliphatic rings. The summed E-state index contributed by atoms with van der Waals surface area (Å²) in [7, 11) is 1.80. The molecule has 92 valence electrons. The van der Waals surface area contributed by atoms with Crippen molar-refractivity contribution in [2.75, 3.05) is 13.7 Å². The highest BCUT2D eigenvalue weighted by molar-refractivity contribution is 7.80. The molecule has 1 aliphatic heterocycles. The van der Waals surface area contributed by atoms with E-state index in [4.69, 9.17) is 22.7 Å². The van der Waals surface area contributed by atoms with E-state index in [1.807, 2.05) is 13.8 Å². The van der Waals surface area contributed by atoms with Crippen LogP contribution < -0.4 is 5.73 Å². The fourth-order valence-electron chi connectivity index (χ4n) is 1.92. The van der Waals surface area contributed by atoms with Crippen LogP contribution in [0, 0.1) is 5.92 Å². The Kier molecular flexibility index (Phi) is 4.68. The smallest absolute Gasteiger partial charge is 0.228 e. The first-order valence-electron chi connectivity index (χ1n) is 5.58. The van der Waals surface area contributed by atoms with Gasteiger partial charge in [0.2, 0.25) is 5.91 Å². The predicted molar refractivity (Wildman–Crippen MR) is 67.2 cm³/mol. The maximum Gasteiger partial charge on any atom is 0.228 e. The van der Waals surface area contributed by atoms with Crippen LogP contribution in [0.5, 0.6) is 0 Å². The Morgan fingerprint density at radius 1 is 1.69 bits per heavy atom. The first-order valence-corrected chi connectivity index (χ1v) is 5.99. The van der Waals surface area contributed by atoms with Gasteiger partial charge in [0.1, 0.15) is 0 Å². The molecule has 0 saturated carbocycles. The number of nitrogens with zero attached hydrogens (tertiary/aromatic N) is 1. The summed E-state index contributed by atoms with van der Waals surface area (Å²) >= 11 is 4.85. The monoisotopic (exact) mass is 244 g/mol. The van der Waals surface area contributed by atoms with Crippen LogP contribution in [0.25, 0.3) is 0 Å². The van der Waals surface area contributed by atoms with Crippen molar-refractivity contribution in [1.29, 1.82) is 0 Å². The summed E-state index contributed by atoms with van der Waals surface area (Å²) in [5, 5.41) is 0. The Hall–Kier alpha value is -0.680. The number of thiocarbonyl (C=S) groups is 1. The Balaban J connectivity index is 2.49. The number of rotatable bonds is 4. The van der Waals surface area contributed by atoms with Crippen molar-refractivity contribution < 1.29 is 9.53 Å². The van der Waals surface area contributed by atoms with E-state index >= 15 is 0 Å². The largest absolute Gasteiger partial charge is 0.393 e. The zero-order valence-electron chi connectivity index (χ0n) is 10.1. The molecule has 3 atom stereocenters. The molecule has 1 amide bonds. The van der Waals surface area contributed by atoms with Crippen LogP contribution >= 0.6 is 12.2 Å². The lowest BCUT2D eigenvalue weighted by molar-refractivity contribution is -0.135. The minimum Gasteiger partial charge on any atom is -0.393 e. The van der Waals surface area contributed by atoms with Gasteiger partial charge in [-0.1, -0.05) is 12.2 Å². The molecular weight excluding hydrogens is 224 g/mol. The predicted octanol–water partition coefficient (Wildman–Crippen LogP) is 0.934. The quantitative estimate of drug-likeness (QED) is 0.748. The standard InChI is InChI=1S/C11H20N2O2S/c1-7(4-10(12)16)13(3)11(14)9-5-8(2)15-6-9/h7-9H,4-6H2,1-3H3,(H2,12,16). The Labute approximate surface area is 102 Å². The molecule has 0 aromatic heterocycles. The number of carbonyl (C=O) groups excluding carboxylic acids is 1. The van der Waals surface area contributed by atoms with Crippen LogP contribution in [0.2, 0.25) is 0 Å². The normalized spacial score (nSPS) is 26.4. The molecule has 2 N–H and O–H groups in total. The van der Waals surface area contributed by atoms with Crippen molar-refractivity contribution in [3.63, 3.8) is 0 Å². The van der Waals surface area contributed by atoms with E-state index in [1.165, 1.54) is 0 Å². The Morgan fingerprint density at radius 3 is 2.75 bits per heavy atom. The van der Waals surface area contributed by atoms with Crippen molar-refractivity contribution in [3.05, 3.63) is 0 Å². The topological polar surface area (TPSA) is 55.6 Å². The van der Waals surface area contributed by atoms with Gasteiger partial charge in [0, 0.05) is 19.5 Å². The second-order valence-corrected chi connectivity index (χ2v) is 5.07. The first kappa shape index (κ1) is 13.4. The van der Waals surface area contributed by atoms with E-state index in [1.54, 1.807) is 11.9 Å².